The average molecular weight is 208 g/mol. The maximum atomic E-state index is 5.74. The minimum absolute atomic E-state index is 0.767. The number of aryl methyl sites for hydroxylation is 1. The molecule has 0 amide bonds. The first kappa shape index (κ1) is 10.5. The van der Waals surface area contributed by atoms with Crippen molar-refractivity contribution in [1.29, 1.82) is 0 Å². The number of hydrogen-bond donors (Lipinski definition) is 0. The summed E-state index contributed by atoms with van der Waals surface area (Å²) in [5.74, 6) is 1.69. The minimum Gasteiger partial charge on any atom is -0.490 e. The van der Waals surface area contributed by atoms with E-state index in [1.54, 1.807) is 0 Å². The number of rotatable bonds is 4. The van der Waals surface area contributed by atoms with Crippen LogP contribution in [0.25, 0.3) is 0 Å². The van der Waals surface area contributed by atoms with Crippen LogP contribution >= 0.6 is 0 Å². The summed E-state index contributed by atoms with van der Waals surface area (Å²) < 4.78 is 7.64. The van der Waals surface area contributed by atoms with Gasteiger partial charge in [-0.25, -0.2) is 0 Å². The summed E-state index contributed by atoms with van der Waals surface area (Å²) in [6.07, 6.45) is 10.6. The maximum Gasteiger partial charge on any atom is 0.157 e. The van der Waals surface area contributed by atoms with Crippen LogP contribution in [0.1, 0.15) is 39.0 Å². The van der Waals surface area contributed by atoms with Crippen molar-refractivity contribution in [2.45, 2.75) is 45.6 Å². The molecule has 15 heavy (non-hydrogen) atoms. The van der Waals surface area contributed by atoms with Crippen LogP contribution in [0.3, 0.4) is 0 Å². The summed E-state index contributed by atoms with van der Waals surface area (Å²) in [7, 11) is 0. The van der Waals surface area contributed by atoms with Gasteiger partial charge in [-0.05, 0) is 25.7 Å². The zero-order chi connectivity index (χ0) is 10.5. The Morgan fingerprint density at radius 2 is 2.20 bits per heavy atom. The van der Waals surface area contributed by atoms with Crippen molar-refractivity contribution in [3.05, 3.63) is 12.4 Å². The average Bonchev–Trinajstić information content (AvgIpc) is 2.76. The summed E-state index contributed by atoms with van der Waals surface area (Å²) >= 11 is 0. The quantitative estimate of drug-likeness (QED) is 0.760. The lowest BCUT2D eigenvalue weighted by Gasteiger charge is -2.21. The fraction of sp³-hybridized carbons (Fsp3) is 0.750. The maximum absolute atomic E-state index is 5.74. The van der Waals surface area contributed by atoms with Crippen LogP contribution in [0.2, 0.25) is 0 Å². The molecule has 0 aromatic carbocycles. The van der Waals surface area contributed by atoms with E-state index in [1.165, 1.54) is 32.1 Å². The summed E-state index contributed by atoms with van der Waals surface area (Å²) in [4.78, 5) is 0. The summed E-state index contributed by atoms with van der Waals surface area (Å²) in [5.41, 5.74) is 0. The second-order valence-electron chi connectivity index (χ2n) is 4.35. The fourth-order valence-corrected chi connectivity index (χ4v) is 2.16. The molecule has 1 fully saturated rings. The lowest BCUT2D eigenvalue weighted by molar-refractivity contribution is 0.208. The van der Waals surface area contributed by atoms with Gasteiger partial charge >= 0.3 is 0 Å². The third-order valence-corrected chi connectivity index (χ3v) is 3.14. The van der Waals surface area contributed by atoms with E-state index in [0.717, 1.165) is 24.8 Å². The van der Waals surface area contributed by atoms with Crippen molar-refractivity contribution in [2.75, 3.05) is 6.61 Å². The van der Waals surface area contributed by atoms with Crippen molar-refractivity contribution in [3.63, 3.8) is 0 Å². The molecular formula is C12H20N2O. The van der Waals surface area contributed by atoms with Gasteiger partial charge in [0.2, 0.25) is 0 Å². The van der Waals surface area contributed by atoms with Gasteiger partial charge in [0.15, 0.2) is 5.75 Å². The first-order valence-electron chi connectivity index (χ1n) is 6.03. The third-order valence-electron chi connectivity index (χ3n) is 3.14. The highest BCUT2D eigenvalue weighted by atomic mass is 16.5. The monoisotopic (exact) mass is 208 g/mol. The molecule has 1 heterocycles. The minimum atomic E-state index is 0.767. The predicted molar refractivity (Wildman–Crippen MR) is 60.0 cm³/mol. The van der Waals surface area contributed by atoms with Crippen molar-refractivity contribution in [2.24, 2.45) is 5.92 Å². The normalized spacial score (nSPS) is 17.9. The van der Waals surface area contributed by atoms with Gasteiger partial charge < -0.3 is 4.74 Å². The highest BCUT2D eigenvalue weighted by molar-refractivity contribution is 5.11. The van der Waals surface area contributed by atoms with Crippen LogP contribution in [0, 0.1) is 5.92 Å². The predicted octanol–water partition coefficient (Wildman–Crippen LogP) is 2.86. The molecule has 84 valence electrons. The Morgan fingerprint density at radius 1 is 1.40 bits per heavy atom. The molecule has 0 unspecified atom stereocenters. The zero-order valence-electron chi connectivity index (χ0n) is 9.48. The second-order valence-corrected chi connectivity index (χ2v) is 4.35. The zero-order valence-corrected chi connectivity index (χ0v) is 9.48. The first-order valence-corrected chi connectivity index (χ1v) is 6.03. The molecule has 2 rings (SSSR count). The largest absolute Gasteiger partial charge is 0.490 e. The van der Waals surface area contributed by atoms with Gasteiger partial charge in [0.1, 0.15) is 0 Å². The van der Waals surface area contributed by atoms with Gasteiger partial charge in [-0.15, -0.1) is 0 Å². The van der Waals surface area contributed by atoms with E-state index in [9.17, 15) is 0 Å². The Labute approximate surface area is 91.4 Å². The van der Waals surface area contributed by atoms with E-state index in [1.807, 2.05) is 17.1 Å². The van der Waals surface area contributed by atoms with E-state index < -0.39 is 0 Å². The molecule has 3 heteroatoms. The van der Waals surface area contributed by atoms with E-state index >= 15 is 0 Å². The molecule has 0 atom stereocenters. The molecule has 1 aromatic rings. The molecule has 1 aliphatic carbocycles. The van der Waals surface area contributed by atoms with Crippen LogP contribution in [-0.2, 0) is 6.54 Å². The molecule has 0 bridgehead atoms. The third kappa shape index (κ3) is 2.98. The van der Waals surface area contributed by atoms with Crippen LogP contribution in [0.5, 0.6) is 5.75 Å². The van der Waals surface area contributed by atoms with Gasteiger partial charge in [0.25, 0.3) is 0 Å². The Kier molecular flexibility index (Phi) is 3.64. The lowest BCUT2D eigenvalue weighted by Crippen LogP contribution is -2.15. The highest BCUT2D eigenvalue weighted by Crippen LogP contribution is 2.24. The molecular weight excluding hydrogens is 188 g/mol. The summed E-state index contributed by atoms with van der Waals surface area (Å²) in [6, 6.07) is 0. The van der Waals surface area contributed by atoms with Crippen LogP contribution in [0.4, 0.5) is 0 Å². The molecule has 1 saturated carbocycles. The van der Waals surface area contributed by atoms with Gasteiger partial charge in [-0.1, -0.05) is 19.3 Å². The van der Waals surface area contributed by atoms with Gasteiger partial charge in [0.05, 0.1) is 19.0 Å². The topological polar surface area (TPSA) is 27.1 Å². The Hall–Kier alpha value is -0.990. The molecule has 0 N–H and O–H groups in total. The smallest absolute Gasteiger partial charge is 0.157 e. The molecule has 0 aliphatic heterocycles. The van der Waals surface area contributed by atoms with Crippen LogP contribution in [-0.4, -0.2) is 16.4 Å². The molecule has 1 aliphatic rings. The highest BCUT2D eigenvalue weighted by Gasteiger charge is 2.14. The second kappa shape index (κ2) is 5.19. The van der Waals surface area contributed by atoms with Crippen LogP contribution in [0.15, 0.2) is 12.4 Å². The molecule has 0 radical (unpaired) electrons. The van der Waals surface area contributed by atoms with Gasteiger partial charge in [-0.2, -0.15) is 5.10 Å². The number of aromatic nitrogens is 2. The van der Waals surface area contributed by atoms with E-state index in [0.29, 0.717) is 0 Å². The van der Waals surface area contributed by atoms with E-state index in [-0.39, 0.29) is 0 Å². The van der Waals surface area contributed by atoms with E-state index in [2.05, 4.69) is 12.0 Å². The fourth-order valence-electron chi connectivity index (χ4n) is 2.16. The SMILES string of the molecule is CCn1cc(OCC2CCCCC2)cn1. The molecule has 1 aromatic heterocycles. The standard InChI is InChI=1S/C12H20N2O/c1-2-14-9-12(8-13-14)15-10-11-6-4-3-5-7-11/h8-9,11H,2-7,10H2,1H3. The Balaban J connectivity index is 1.76. The summed E-state index contributed by atoms with van der Waals surface area (Å²) in [6.45, 7) is 3.86. The van der Waals surface area contributed by atoms with Crippen LogP contribution < -0.4 is 4.74 Å². The number of nitrogens with zero attached hydrogens (tertiary/aromatic N) is 2. The van der Waals surface area contributed by atoms with Crippen molar-refractivity contribution < 1.29 is 4.74 Å². The van der Waals surface area contributed by atoms with Crippen molar-refractivity contribution >= 4 is 0 Å². The Bertz CT molecular complexity index is 290. The van der Waals surface area contributed by atoms with Gasteiger partial charge in [-0.3, -0.25) is 4.68 Å². The Morgan fingerprint density at radius 3 is 2.87 bits per heavy atom. The number of hydrogen-bond acceptors (Lipinski definition) is 2. The van der Waals surface area contributed by atoms with Gasteiger partial charge in [0, 0.05) is 6.54 Å². The first-order chi connectivity index (χ1) is 7.38. The molecule has 3 nitrogen and oxygen atoms in total. The van der Waals surface area contributed by atoms with Crippen molar-refractivity contribution in [3.8, 4) is 5.75 Å². The number of ether oxygens (including phenoxy) is 1. The van der Waals surface area contributed by atoms with Crippen molar-refractivity contribution in [1.82, 2.24) is 9.78 Å². The molecule has 0 saturated heterocycles. The molecule has 0 spiro atoms. The lowest BCUT2D eigenvalue weighted by atomic mass is 9.90. The summed E-state index contributed by atoms with van der Waals surface area (Å²) in [5, 5.41) is 4.19. The van der Waals surface area contributed by atoms with E-state index in [4.69, 9.17) is 4.74 Å².